The topological polar surface area (TPSA) is 101 Å². The van der Waals surface area contributed by atoms with Gasteiger partial charge in [-0.3, -0.25) is 19.0 Å². The van der Waals surface area contributed by atoms with Crippen LogP contribution in [-0.4, -0.2) is 32.6 Å². The van der Waals surface area contributed by atoms with Gasteiger partial charge in [0.1, 0.15) is 6.04 Å². The molecule has 1 aliphatic rings. The number of hydrogen-bond donors (Lipinski definition) is 2. The lowest BCUT2D eigenvalue weighted by Crippen LogP contribution is -2.42. The van der Waals surface area contributed by atoms with E-state index in [1.54, 1.807) is 17.0 Å². The van der Waals surface area contributed by atoms with E-state index in [-0.39, 0.29) is 17.4 Å². The summed E-state index contributed by atoms with van der Waals surface area (Å²) < 4.78 is 1.65. The molecule has 138 valence electrons. The number of carbonyl (C=O) groups is 2. The number of aromatic nitrogens is 2. The predicted molar refractivity (Wildman–Crippen MR) is 96.7 cm³/mol. The first-order chi connectivity index (χ1) is 12.5. The van der Waals surface area contributed by atoms with E-state index < -0.39 is 12.0 Å². The Bertz CT molecular complexity index is 868. The Morgan fingerprint density at radius 3 is 2.65 bits per heavy atom. The third kappa shape index (κ3) is 3.92. The van der Waals surface area contributed by atoms with Crippen LogP contribution >= 0.6 is 0 Å². The molecular formula is C19H23N3O4. The Hall–Kier alpha value is -2.70. The van der Waals surface area contributed by atoms with Gasteiger partial charge in [0.2, 0.25) is 5.91 Å². The molecule has 1 saturated carbocycles. The number of nitrogens with one attached hydrogen (secondary N) is 1. The molecule has 0 saturated heterocycles. The zero-order valence-corrected chi connectivity index (χ0v) is 14.7. The number of para-hydroxylation sites is 1. The molecule has 1 atom stereocenters. The average Bonchev–Trinajstić information content (AvgIpc) is 2.64. The van der Waals surface area contributed by atoms with Gasteiger partial charge in [-0.2, -0.15) is 0 Å². The molecule has 0 radical (unpaired) electrons. The van der Waals surface area contributed by atoms with Crippen LogP contribution in [0.4, 0.5) is 0 Å². The summed E-state index contributed by atoms with van der Waals surface area (Å²) in [6.45, 7) is 2.06. The van der Waals surface area contributed by atoms with E-state index in [0.29, 0.717) is 36.2 Å². The number of hydrogen-bond acceptors (Lipinski definition) is 4. The molecule has 3 rings (SSSR count). The largest absolute Gasteiger partial charge is 0.480 e. The second kappa shape index (κ2) is 7.68. The Labute approximate surface area is 151 Å². The minimum Gasteiger partial charge on any atom is -0.480 e. The minimum atomic E-state index is -1.03. The zero-order chi connectivity index (χ0) is 18.7. The normalized spacial score (nSPS) is 21.3. The van der Waals surface area contributed by atoms with Crippen molar-refractivity contribution in [3.63, 3.8) is 0 Å². The van der Waals surface area contributed by atoms with Crippen molar-refractivity contribution in [2.45, 2.75) is 45.2 Å². The number of benzene rings is 1. The van der Waals surface area contributed by atoms with Gasteiger partial charge in [0.15, 0.2) is 0 Å². The summed E-state index contributed by atoms with van der Waals surface area (Å²) in [5.74, 6) is -1.06. The van der Waals surface area contributed by atoms with Crippen LogP contribution in [0.25, 0.3) is 10.9 Å². The summed E-state index contributed by atoms with van der Waals surface area (Å²) in [4.78, 5) is 39.9. The Morgan fingerprint density at radius 2 is 1.96 bits per heavy atom. The second-order valence-electron chi connectivity index (χ2n) is 7.01. The van der Waals surface area contributed by atoms with E-state index in [9.17, 15) is 14.4 Å². The summed E-state index contributed by atoms with van der Waals surface area (Å²) in [5, 5.41) is 12.0. The Morgan fingerprint density at radius 1 is 1.27 bits per heavy atom. The van der Waals surface area contributed by atoms with Crippen LogP contribution in [0.3, 0.4) is 0 Å². The van der Waals surface area contributed by atoms with Crippen molar-refractivity contribution in [3.05, 3.63) is 40.9 Å². The van der Waals surface area contributed by atoms with E-state index in [0.717, 1.165) is 12.8 Å². The number of nitrogens with zero attached hydrogens (tertiary/aromatic N) is 2. The van der Waals surface area contributed by atoms with Gasteiger partial charge in [0.25, 0.3) is 5.56 Å². The molecule has 1 aromatic heterocycles. The van der Waals surface area contributed by atoms with E-state index in [2.05, 4.69) is 10.3 Å². The van der Waals surface area contributed by atoms with Crippen molar-refractivity contribution in [2.75, 3.05) is 0 Å². The van der Waals surface area contributed by atoms with Crippen molar-refractivity contribution in [1.82, 2.24) is 14.9 Å². The van der Waals surface area contributed by atoms with E-state index in [4.69, 9.17) is 5.11 Å². The molecular weight excluding hydrogens is 334 g/mol. The summed E-state index contributed by atoms with van der Waals surface area (Å²) in [7, 11) is 0. The van der Waals surface area contributed by atoms with Gasteiger partial charge in [-0.05, 0) is 50.7 Å². The van der Waals surface area contributed by atoms with Gasteiger partial charge in [-0.1, -0.05) is 12.1 Å². The fourth-order valence-corrected chi connectivity index (χ4v) is 3.51. The highest BCUT2D eigenvalue weighted by Crippen LogP contribution is 2.30. The van der Waals surface area contributed by atoms with Crippen LogP contribution < -0.4 is 10.9 Å². The van der Waals surface area contributed by atoms with Crippen molar-refractivity contribution in [1.29, 1.82) is 0 Å². The van der Waals surface area contributed by atoms with Gasteiger partial charge < -0.3 is 10.4 Å². The smallest absolute Gasteiger partial charge is 0.325 e. The summed E-state index contributed by atoms with van der Waals surface area (Å²) in [6.07, 6.45) is 4.67. The van der Waals surface area contributed by atoms with Crippen LogP contribution in [0.15, 0.2) is 35.4 Å². The number of carboxylic acids is 1. The third-order valence-electron chi connectivity index (χ3n) is 5.13. The molecule has 0 spiro atoms. The molecule has 1 aromatic carbocycles. The van der Waals surface area contributed by atoms with Gasteiger partial charge in [-0.25, -0.2) is 4.98 Å². The average molecular weight is 357 g/mol. The minimum absolute atomic E-state index is 0.0363. The molecule has 1 heterocycles. The molecule has 0 bridgehead atoms. The lowest BCUT2D eigenvalue weighted by Gasteiger charge is -2.28. The van der Waals surface area contributed by atoms with Crippen LogP contribution in [0, 0.1) is 11.8 Å². The van der Waals surface area contributed by atoms with Crippen LogP contribution in [0.2, 0.25) is 0 Å². The lowest BCUT2D eigenvalue weighted by molar-refractivity contribution is -0.142. The molecule has 2 N–H and O–H groups in total. The highest BCUT2D eigenvalue weighted by atomic mass is 16.4. The van der Waals surface area contributed by atoms with Gasteiger partial charge in [0, 0.05) is 12.5 Å². The standard InChI is InChI=1S/C19H23N3O4/c1-12(19(25)26)21-17(23)14-8-6-13(7-9-14)10-22-11-20-16-5-3-2-4-15(16)18(22)24/h2-5,11-14H,6-10H2,1H3,(H,21,23)(H,25,26)/t12-,13?,14?/m1/s1. The third-order valence-corrected chi connectivity index (χ3v) is 5.13. The first kappa shape index (κ1) is 18.1. The molecule has 1 fully saturated rings. The zero-order valence-electron chi connectivity index (χ0n) is 14.7. The van der Waals surface area contributed by atoms with E-state index in [1.807, 2.05) is 18.2 Å². The monoisotopic (exact) mass is 357 g/mol. The first-order valence-corrected chi connectivity index (χ1v) is 8.93. The van der Waals surface area contributed by atoms with Crippen LogP contribution in [0.5, 0.6) is 0 Å². The summed E-state index contributed by atoms with van der Waals surface area (Å²) >= 11 is 0. The van der Waals surface area contributed by atoms with Crippen molar-refractivity contribution in [2.24, 2.45) is 11.8 Å². The maximum Gasteiger partial charge on any atom is 0.325 e. The fourth-order valence-electron chi connectivity index (χ4n) is 3.51. The van der Waals surface area contributed by atoms with Crippen molar-refractivity contribution in [3.8, 4) is 0 Å². The fraction of sp³-hybridized carbons (Fsp3) is 0.474. The number of aliphatic carboxylic acids is 1. The van der Waals surface area contributed by atoms with Crippen molar-refractivity contribution >= 4 is 22.8 Å². The number of fused-ring (bicyclic) bond motifs is 1. The molecule has 1 aliphatic carbocycles. The maximum absolute atomic E-state index is 12.6. The van der Waals surface area contributed by atoms with Gasteiger partial charge in [-0.15, -0.1) is 0 Å². The maximum atomic E-state index is 12.6. The van der Waals surface area contributed by atoms with Crippen LogP contribution in [-0.2, 0) is 16.1 Å². The molecule has 26 heavy (non-hydrogen) atoms. The number of carbonyl (C=O) groups excluding carboxylic acids is 1. The lowest BCUT2D eigenvalue weighted by atomic mass is 9.81. The van der Waals surface area contributed by atoms with E-state index >= 15 is 0 Å². The highest BCUT2D eigenvalue weighted by molar-refractivity contribution is 5.84. The predicted octanol–water partition coefficient (Wildman–Crippen LogP) is 1.79. The number of amides is 1. The van der Waals surface area contributed by atoms with E-state index in [1.165, 1.54) is 6.92 Å². The van der Waals surface area contributed by atoms with Gasteiger partial charge >= 0.3 is 5.97 Å². The molecule has 7 nitrogen and oxygen atoms in total. The first-order valence-electron chi connectivity index (χ1n) is 8.93. The van der Waals surface area contributed by atoms with Crippen molar-refractivity contribution < 1.29 is 14.7 Å². The Kier molecular flexibility index (Phi) is 5.35. The Balaban J connectivity index is 1.59. The van der Waals surface area contributed by atoms with Crippen LogP contribution in [0.1, 0.15) is 32.6 Å². The quantitative estimate of drug-likeness (QED) is 0.849. The molecule has 1 amide bonds. The molecule has 2 aromatic rings. The molecule has 7 heteroatoms. The number of rotatable bonds is 5. The van der Waals surface area contributed by atoms with Gasteiger partial charge in [0.05, 0.1) is 17.2 Å². The summed E-state index contributed by atoms with van der Waals surface area (Å²) in [6, 6.07) is 6.42. The second-order valence-corrected chi connectivity index (χ2v) is 7.01. The molecule has 0 aliphatic heterocycles. The summed E-state index contributed by atoms with van der Waals surface area (Å²) in [5.41, 5.74) is 0.660. The number of carboxylic acid groups (broad SMARTS) is 1. The highest BCUT2D eigenvalue weighted by Gasteiger charge is 2.28. The molecule has 0 unspecified atom stereocenters. The SMILES string of the molecule is C[C@@H](NC(=O)C1CCC(Cn2cnc3ccccc3c2=O)CC1)C(=O)O.